The first-order valence-electron chi connectivity index (χ1n) is 26.8. The van der Waals surface area contributed by atoms with E-state index in [4.69, 9.17) is 0 Å². The normalized spacial score (nSPS) is 12.6. The number of fused-ring (bicyclic) bond motifs is 18. The molecule has 6 heterocycles. The molecule has 0 aliphatic carbocycles. The third-order valence-corrected chi connectivity index (χ3v) is 19.1. The van der Waals surface area contributed by atoms with Gasteiger partial charge in [-0.2, -0.15) is 36.9 Å². The van der Waals surface area contributed by atoms with Crippen LogP contribution >= 0.6 is 22.7 Å². The quantitative estimate of drug-likeness (QED) is 0.172. The zero-order valence-electron chi connectivity index (χ0n) is 43.3. The first-order valence-corrected chi connectivity index (χ1v) is 28.5. The molecule has 17 rings (SSSR count). The van der Waals surface area contributed by atoms with Gasteiger partial charge in [-0.05, 0) is 108 Å². The highest BCUT2D eigenvalue weighted by atomic mass is 32.1. The van der Waals surface area contributed by atoms with E-state index in [1.54, 1.807) is 80.3 Å². The van der Waals surface area contributed by atoms with Crippen molar-refractivity contribution in [3.05, 3.63) is 216 Å². The Morgan fingerprint density at radius 1 is 0.345 bits per heavy atom. The summed E-state index contributed by atoms with van der Waals surface area (Å²) in [5, 5.41) is 34.2. The highest BCUT2D eigenvalue weighted by Crippen LogP contribution is 2.54. The van der Waals surface area contributed by atoms with Gasteiger partial charge in [0.2, 0.25) is 0 Å². The van der Waals surface area contributed by atoms with Crippen molar-refractivity contribution in [2.75, 3.05) is 0 Å². The predicted molar refractivity (Wildman–Crippen MR) is 330 cm³/mol. The van der Waals surface area contributed by atoms with E-state index in [9.17, 15) is 36.9 Å². The van der Waals surface area contributed by atoms with Crippen LogP contribution in [0.15, 0.2) is 194 Å². The SMILES string of the molecule is N#Cc1c(-c2cccc3sc4cc5c(cc4c23)[nH]c2ccccc25)c(-c2cccc3sc4cc5c(cc4c23)[nH]c2ccccc25)c(C#N)c(-n2c3ccccc3c3cc(C(F)(F)F)ccc32)c1-n1c2ccccc2c2cc(C(F)(F)F)ccc21. The van der Waals surface area contributed by atoms with Gasteiger partial charge in [0.05, 0.1) is 55.7 Å². The zero-order chi connectivity index (χ0) is 56.7. The number of H-pyrrole nitrogens is 2. The average Bonchev–Trinajstić information content (AvgIpc) is 1.65. The second kappa shape index (κ2) is 17.1. The maximum atomic E-state index is 14.9. The number of hydrogen-bond donors (Lipinski definition) is 2. The number of aromatic amines is 2. The molecule has 6 aromatic heterocycles. The Morgan fingerprint density at radius 2 is 0.738 bits per heavy atom. The number of benzene rings is 11. The average molecular weight is 1140 g/mol. The molecule has 6 nitrogen and oxygen atoms in total. The Labute approximate surface area is 478 Å². The van der Waals surface area contributed by atoms with Crippen molar-refractivity contribution >= 4 is 150 Å². The highest BCUT2D eigenvalue weighted by molar-refractivity contribution is 7.26. The summed E-state index contributed by atoms with van der Waals surface area (Å²) < 4.78 is 96.5. The Hall–Kier alpha value is -10.4. The van der Waals surface area contributed by atoms with Crippen LogP contribution in [0.1, 0.15) is 22.3 Å². The molecule has 14 heteroatoms. The fraction of sp³-hybridized carbons (Fsp3) is 0.0286. The van der Waals surface area contributed by atoms with Gasteiger partial charge in [0.1, 0.15) is 12.1 Å². The summed E-state index contributed by atoms with van der Waals surface area (Å²) >= 11 is 3.20. The van der Waals surface area contributed by atoms with Crippen molar-refractivity contribution in [1.29, 1.82) is 10.5 Å². The number of hydrogen-bond acceptors (Lipinski definition) is 4. The monoisotopic (exact) mass is 1140 g/mol. The van der Waals surface area contributed by atoms with Crippen LogP contribution in [0.25, 0.3) is 161 Å². The summed E-state index contributed by atoms with van der Waals surface area (Å²) in [4.78, 5) is 7.25. The predicted octanol–water partition coefficient (Wildman–Crippen LogP) is 21.0. The lowest BCUT2D eigenvalue weighted by molar-refractivity contribution is -0.138. The molecule has 84 heavy (non-hydrogen) atoms. The largest absolute Gasteiger partial charge is 0.416 e. The second-order valence-electron chi connectivity index (χ2n) is 21.3. The third-order valence-electron chi connectivity index (χ3n) is 16.9. The van der Waals surface area contributed by atoms with Gasteiger partial charge in [0, 0.05) is 117 Å². The molecule has 0 bridgehead atoms. The number of alkyl halides is 6. The molecule has 0 radical (unpaired) electrons. The minimum absolute atomic E-state index is 0.0764. The standard InChI is InChI=1S/C70H34F6N6S2/c71-69(72,73)35-23-25-57-45(27-35)39-13-3-7-19-55(39)81(57)67-49(33-77)65(41-15-9-21-59-63(41)47-29-53-43(31-61(47)83-59)37-11-1-5-17-51(37)79-53)66(42-16-10-22-60-64(42)48-30-54-44(32-62(48)84-60)38-12-2-6-18-52(38)80-54)50(34-78)68(67)82-56-20-8-4-14-40(56)46-28-36(70(74,75)76)24-26-58(46)82/h1-32,79-80H. The minimum Gasteiger partial charge on any atom is -0.354 e. The summed E-state index contributed by atoms with van der Waals surface area (Å²) in [7, 11) is 0. The summed E-state index contributed by atoms with van der Waals surface area (Å²) in [6, 6.07) is 63.2. The molecule has 0 amide bonds. The number of nitriles is 2. The van der Waals surface area contributed by atoms with Gasteiger partial charge >= 0.3 is 12.4 Å². The molecular weight excluding hydrogens is 1100 g/mol. The van der Waals surface area contributed by atoms with Crippen LogP contribution in [0.2, 0.25) is 0 Å². The van der Waals surface area contributed by atoms with Crippen LogP contribution in [0, 0.1) is 22.7 Å². The van der Waals surface area contributed by atoms with Crippen LogP contribution in [-0.4, -0.2) is 19.1 Å². The Bertz CT molecular complexity index is 5530. The van der Waals surface area contributed by atoms with E-state index in [0.29, 0.717) is 55.1 Å². The van der Waals surface area contributed by atoms with E-state index in [2.05, 4.69) is 58.5 Å². The van der Waals surface area contributed by atoms with E-state index < -0.39 is 23.5 Å². The number of nitrogens with one attached hydrogen (secondary N) is 2. The first-order chi connectivity index (χ1) is 40.8. The summed E-state index contributed by atoms with van der Waals surface area (Å²) in [6.07, 6.45) is -9.43. The molecule has 2 N–H and O–H groups in total. The Kier molecular flexibility index (Phi) is 9.84. The van der Waals surface area contributed by atoms with Crippen molar-refractivity contribution in [2.24, 2.45) is 0 Å². The molecule has 17 aromatic rings. The molecule has 0 atom stereocenters. The van der Waals surface area contributed by atoms with E-state index in [1.165, 1.54) is 12.1 Å². The maximum Gasteiger partial charge on any atom is 0.416 e. The molecule has 0 aliphatic heterocycles. The fourth-order valence-corrected chi connectivity index (χ4v) is 15.8. The molecular formula is C70H34F6N6S2. The number of thiophene rings is 2. The zero-order valence-corrected chi connectivity index (χ0v) is 45.0. The fourth-order valence-electron chi connectivity index (χ4n) is 13.5. The van der Waals surface area contributed by atoms with Crippen molar-refractivity contribution in [1.82, 2.24) is 19.1 Å². The molecule has 0 aliphatic rings. The molecule has 0 saturated heterocycles. The van der Waals surface area contributed by atoms with Crippen molar-refractivity contribution in [3.8, 4) is 45.8 Å². The third kappa shape index (κ3) is 6.66. The molecule has 398 valence electrons. The number of aromatic nitrogens is 4. The van der Waals surface area contributed by atoms with Crippen molar-refractivity contribution < 1.29 is 26.3 Å². The van der Waals surface area contributed by atoms with E-state index >= 15 is 0 Å². The summed E-state index contributed by atoms with van der Waals surface area (Å²) in [5.41, 5.74) is 5.93. The molecule has 0 unspecified atom stereocenters. The Balaban J connectivity index is 1.12. The number of halogens is 6. The van der Waals surface area contributed by atoms with Gasteiger partial charge in [-0.25, -0.2) is 0 Å². The molecule has 0 fully saturated rings. The van der Waals surface area contributed by atoms with Crippen LogP contribution in [0.5, 0.6) is 0 Å². The van der Waals surface area contributed by atoms with Crippen molar-refractivity contribution in [3.63, 3.8) is 0 Å². The van der Waals surface area contributed by atoms with Gasteiger partial charge in [-0.3, -0.25) is 0 Å². The van der Waals surface area contributed by atoms with Gasteiger partial charge in [0.15, 0.2) is 0 Å². The summed E-state index contributed by atoms with van der Waals surface area (Å²) in [6.45, 7) is 0. The summed E-state index contributed by atoms with van der Waals surface area (Å²) in [5.74, 6) is 0. The van der Waals surface area contributed by atoms with Crippen LogP contribution < -0.4 is 0 Å². The second-order valence-corrected chi connectivity index (χ2v) is 23.4. The topological polar surface area (TPSA) is 89.0 Å². The van der Waals surface area contributed by atoms with Crippen LogP contribution in [0.3, 0.4) is 0 Å². The van der Waals surface area contributed by atoms with Crippen LogP contribution in [-0.2, 0) is 12.4 Å². The highest BCUT2D eigenvalue weighted by Gasteiger charge is 2.37. The van der Waals surface area contributed by atoms with Gasteiger partial charge in [-0.15, -0.1) is 22.7 Å². The molecule has 11 aromatic carbocycles. The van der Waals surface area contributed by atoms with Gasteiger partial charge in [0.25, 0.3) is 0 Å². The van der Waals surface area contributed by atoms with E-state index in [-0.39, 0.29) is 33.3 Å². The lowest BCUT2D eigenvalue weighted by atomic mass is 9.82. The number of rotatable bonds is 4. The van der Waals surface area contributed by atoms with E-state index in [1.807, 2.05) is 72.8 Å². The molecule has 0 saturated carbocycles. The smallest absolute Gasteiger partial charge is 0.354 e. The lowest BCUT2D eigenvalue weighted by Gasteiger charge is -2.26. The number of para-hydroxylation sites is 4. The van der Waals surface area contributed by atoms with E-state index in [0.717, 1.165) is 108 Å². The number of nitrogens with zero attached hydrogens (tertiary/aromatic N) is 4. The maximum absolute atomic E-state index is 14.9. The molecule has 0 spiro atoms. The Morgan fingerprint density at radius 3 is 1.15 bits per heavy atom. The van der Waals surface area contributed by atoms with Crippen LogP contribution in [0.4, 0.5) is 26.3 Å². The van der Waals surface area contributed by atoms with Crippen molar-refractivity contribution in [2.45, 2.75) is 12.4 Å². The minimum atomic E-state index is -4.71. The van der Waals surface area contributed by atoms with Gasteiger partial charge < -0.3 is 19.1 Å². The first kappa shape index (κ1) is 48.3. The van der Waals surface area contributed by atoms with Gasteiger partial charge in [-0.1, -0.05) is 97.1 Å². The lowest BCUT2D eigenvalue weighted by Crippen LogP contribution is -2.12.